The molecule has 22 heavy (non-hydrogen) atoms. The molecule has 1 aromatic rings. The molecule has 0 radical (unpaired) electrons. The molecule has 0 unspecified atom stereocenters. The van der Waals surface area contributed by atoms with Crippen molar-refractivity contribution in [2.45, 2.75) is 43.3 Å². The normalized spacial score (nSPS) is 34.4. The zero-order valence-electron chi connectivity index (χ0n) is 12.8. The molecular formula is C16H20N2O4. The van der Waals surface area contributed by atoms with E-state index in [2.05, 4.69) is 0 Å². The Balaban J connectivity index is 2.13. The quantitative estimate of drug-likeness (QED) is 0.486. The molecule has 0 aromatic heterocycles. The summed E-state index contributed by atoms with van der Waals surface area (Å²) in [7, 11) is 1.31. The lowest BCUT2D eigenvalue weighted by Crippen LogP contribution is -2.62. The molecule has 0 amide bonds. The molecule has 0 spiro atoms. The summed E-state index contributed by atoms with van der Waals surface area (Å²) in [4.78, 5) is 26.1. The van der Waals surface area contributed by atoms with Gasteiger partial charge in [0.1, 0.15) is 0 Å². The van der Waals surface area contributed by atoms with Crippen molar-refractivity contribution in [3.05, 3.63) is 46.0 Å². The van der Waals surface area contributed by atoms with Crippen molar-refractivity contribution in [1.29, 1.82) is 0 Å². The molecule has 0 saturated carbocycles. The zero-order valence-corrected chi connectivity index (χ0v) is 12.8. The minimum atomic E-state index is -1.34. The van der Waals surface area contributed by atoms with Gasteiger partial charge in [-0.25, -0.2) is 4.79 Å². The van der Waals surface area contributed by atoms with Crippen molar-refractivity contribution in [2.24, 2.45) is 0 Å². The van der Waals surface area contributed by atoms with Crippen LogP contribution in [0, 0.1) is 10.1 Å². The highest BCUT2D eigenvalue weighted by Gasteiger charge is 2.74. The third-order valence-corrected chi connectivity index (χ3v) is 5.40. The van der Waals surface area contributed by atoms with E-state index in [0.29, 0.717) is 19.4 Å². The van der Waals surface area contributed by atoms with Gasteiger partial charge in [-0.15, -0.1) is 0 Å². The fourth-order valence-corrected chi connectivity index (χ4v) is 4.30. The Morgan fingerprint density at radius 2 is 2.09 bits per heavy atom. The van der Waals surface area contributed by atoms with E-state index < -0.39 is 17.0 Å². The number of carbonyl (C=O) groups excluding carboxylic acids is 1. The van der Waals surface area contributed by atoms with Gasteiger partial charge in [-0.3, -0.25) is 15.0 Å². The predicted octanol–water partition coefficient (Wildman–Crippen LogP) is 2.17. The van der Waals surface area contributed by atoms with Gasteiger partial charge in [0.25, 0.3) is 0 Å². The maximum absolute atomic E-state index is 12.5. The number of fused-ring (bicyclic) bond motifs is 1. The van der Waals surface area contributed by atoms with E-state index in [1.54, 1.807) is 6.92 Å². The summed E-state index contributed by atoms with van der Waals surface area (Å²) < 4.78 is 4.98. The third-order valence-electron chi connectivity index (χ3n) is 5.40. The van der Waals surface area contributed by atoms with E-state index in [9.17, 15) is 14.9 Å². The molecule has 0 N–H and O–H groups in total. The molecule has 1 aromatic carbocycles. The third kappa shape index (κ3) is 1.73. The van der Waals surface area contributed by atoms with Crippen LogP contribution in [0.3, 0.4) is 0 Å². The lowest BCUT2D eigenvalue weighted by molar-refractivity contribution is -0.573. The molecular weight excluding hydrogens is 284 g/mol. The Morgan fingerprint density at radius 3 is 2.68 bits per heavy atom. The molecule has 0 bridgehead atoms. The molecule has 6 heteroatoms. The fraction of sp³-hybridized carbons (Fsp3) is 0.562. The summed E-state index contributed by atoms with van der Waals surface area (Å²) in [6.45, 7) is 2.27. The number of esters is 1. The average molecular weight is 304 g/mol. The number of benzene rings is 1. The topological polar surface area (TPSA) is 72.7 Å². The number of nitro groups is 1. The zero-order chi connectivity index (χ0) is 16.0. The lowest BCUT2D eigenvalue weighted by Gasteiger charge is -2.36. The Bertz CT molecular complexity index is 605. The first kappa shape index (κ1) is 15.0. The molecule has 0 aliphatic carbocycles. The Hall–Kier alpha value is -1.95. The molecule has 3 atom stereocenters. The first-order valence-corrected chi connectivity index (χ1v) is 7.52. The van der Waals surface area contributed by atoms with Crippen LogP contribution in [-0.4, -0.2) is 40.5 Å². The van der Waals surface area contributed by atoms with Gasteiger partial charge in [0, 0.05) is 30.9 Å². The Labute approximate surface area is 129 Å². The number of methoxy groups -OCH3 is 1. The van der Waals surface area contributed by atoms with E-state index in [1.165, 1.54) is 7.11 Å². The maximum atomic E-state index is 12.5. The fourth-order valence-electron chi connectivity index (χ4n) is 4.30. The van der Waals surface area contributed by atoms with Crippen molar-refractivity contribution < 1.29 is 14.5 Å². The van der Waals surface area contributed by atoms with Gasteiger partial charge >= 0.3 is 5.97 Å². The highest BCUT2D eigenvalue weighted by molar-refractivity contribution is 5.84. The summed E-state index contributed by atoms with van der Waals surface area (Å²) >= 11 is 0. The standard InChI is InChI=1S/C16H20N2O4/c1-15(18(20)21)11-13(12-7-4-3-5-8-12)17-10-6-9-16(15,17)14(19)22-2/h3-5,7-8,13H,6,9-11H2,1-2H3/t13-,15-,16+/m1/s1. The van der Waals surface area contributed by atoms with Crippen LogP contribution in [0.15, 0.2) is 30.3 Å². The van der Waals surface area contributed by atoms with E-state index in [-0.39, 0.29) is 11.0 Å². The molecule has 3 rings (SSSR count). The first-order chi connectivity index (χ1) is 10.5. The maximum Gasteiger partial charge on any atom is 0.333 e. The number of carbonyl (C=O) groups is 1. The molecule has 2 aliphatic rings. The van der Waals surface area contributed by atoms with Crippen LogP contribution < -0.4 is 0 Å². The molecule has 2 heterocycles. The van der Waals surface area contributed by atoms with Crippen molar-refractivity contribution in [3.63, 3.8) is 0 Å². The Kier molecular flexibility index (Phi) is 3.44. The van der Waals surface area contributed by atoms with Crippen LogP contribution in [0.1, 0.15) is 37.8 Å². The van der Waals surface area contributed by atoms with Gasteiger partial charge < -0.3 is 4.74 Å². The van der Waals surface area contributed by atoms with Gasteiger partial charge in [0.05, 0.1) is 7.11 Å². The van der Waals surface area contributed by atoms with Crippen LogP contribution in [0.5, 0.6) is 0 Å². The van der Waals surface area contributed by atoms with E-state index in [4.69, 9.17) is 4.74 Å². The first-order valence-electron chi connectivity index (χ1n) is 7.52. The molecule has 118 valence electrons. The van der Waals surface area contributed by atoms with Crippen molar-refractivity contribution in [1.82, 2.24) is 4.90 Å². The summed E-state index contributed by atoms with van der Waals surface area (Å²) in [6.07, 6.45) is 1.56. The Morgan fingerprint density at radius 1 is 1.41 bits per heavy atom. The van der Waals surface area contributed by atoms with Gasteiger partial charge in [-0.05, 0) is 18.4 Å². The number of nitrogens with zero attached hydrogens (tertiary/aromatic N) is 2. The summed E-state index contributed by atoms with van der Waals surface area (Å²) in [6, 6.07) is 9.58. The van der Waals surface area contributed by atoms with Gasteiger partial charge in [0.15, 0.2) is 5.54 Å². The number of hydrogen-bond acceptors (Lipinski definition) is 5. The molecule has 6 nitrogen and oxygen atoms in total. The number of rotatable bonds is 3. The number of hydrogen-bond donors (Lipinski definition) is 0. The minimum Gasteiger partial charge on any atom is -0.467 e. The smallest absolute Gasteiger partial charge is 0.333 e. The van der Waals surface area contributed by atoms with Crippen LogP contribution in [-0.2, 0) is 9.53 Å². The highest BCUT2D eigenvalue weighted by atomic mass is 16.6. The minimum absolute atomic E-state index is 0.127. The number of ether oxygens (including phenoxy) is 1. The average Bonchev–Trinajstić information content (AvgIpc) is 3.07. The van der Waals surface area contributed by atoms with Crippen molar-refractivity contribution >= 4 is 5.97 Å². The monoisotopic (exact) mass is 304 g/mol. The molecule has 2 saturated heterocycles. The van der Waals surface area contributed by atoms with Crippen molar-refractivity contribution in [2.75, 3.05) is 13.7 Å². The van der Waals surface area contributed by atoms with Crippen LogP contribution in [0.2, 0.25) is 0 Å². The second kappa shape index (κ2) is 5.05. The summed E-state index contributed by atoms with van der Waals surface area (Å²) in [5.41, 5.74) is -1.48. The van der Waals surface area contributed by atoms with Crippen LogP contribution >= 0.6 is 0 Å². The lowest BCUT2D eigenvalue weighted by atomic mass is 9.77. The van der Waals surface area contributed by atoms with Gasteiger partial charge in [-0.2, -0.15) is 0 Å². The van der Waals surface area contributed by atoms with Gasteiger partial charge in [0.2, 0.25) is 5.54 Å². The van der Waals surface area contributed by atoms with E-state index >= 15 is 0 Å². The van der Waals surface area contributed by atoms with E-state index in [1.807, 2.05) is 35.2 Å². The SMILES string of the molecule is COC(=O)[C@]12CCCN1[C@@H](c1ccccc1)C[C@@]2(C)[N+](=O)[O-]. The van der Waals surface area contributed by atoms with Crippen LogP contribution in [0.4, 0.5) is 0 Å². The second-order valence-corrected chi connectivity index (χ2v) is 6.31. The van der Waals surface area contributed by atoms with E-state index in [0.717, 1.165) is 12.0 Å². The largest absolute Gasteiger partial charge is 0.467 e. The summed E-state index contributed by atoms with van der Waals surface area (Å²) in [5, 5.41) is 11.8. The predicted molar refractivity (Wildman–Crippen MR) is 79.9 cm³/mol. The second-order valence-electron chi connectivity index (χ2n) is 6.31. The summed E-state index contributed by atoms with van der Waals surface area (Å²) in [5.74, 6) is -0.484. The van der Waals surface area contributed by atoms with Crippen molar-refractivity contribution in [3.8, 4) is 0 Å². The van der Waals surface area contributed by atoms with Gasteiger partial charge in [-0.1, -0.05) is 30.3 Å². The molecule has 2 fully saturated rings. The highest BCUT2D eigenvalue weighted by Crippen LogP contribution is 2.55. The van der Waals surface area contributed by atoms with Crippen LogP contribution in [0.25, 0.3) is 0 Å². The molecule has 2 aliphatic heterocycles.